The van der Waals surface area contributed by atoms with E-state index in [-0.39, 0.29) is 11.9 Å². The minimum absolute atomic E-state index is 0.0630. The van der Waals surface area contributed by atoms with Gasteiger partial charge in [0.25, 0.3) is 0 Å². The second-order valence-electron chi connectivity index (χ2n) is 5.34. The van der Waals surface area contributed by atoms with E-state index in [9.17, 15) is 4.79 Å². The standard InChI is InChI=1S/C17H21ClN2OS/c1-13(17(21)19-10-9-16-4-3-11-22-16)20(2)12-14-5-7-15(18)8-6-14/h3-8,11,13H,9-10,12H2,1-2H3,(H,19,21). The Labute approximate surface area is 140 Å². The predicted octanol–water partition coefficient (Wildman–Crippen LogP) is 3.58. The summed E-state index contributed by atoms with van der Waals surface area (Å²) in [7, 11) is 1.96. The van der Waals surface area contributed by atoms with Crippen LogP contribution in [0.2, 0.25) is 5.02 Å². The van der Waals surface area contributed by atoms with Crippen LogP contribution in [-0.2, 0) is 17.8 Å². The molecule has 0 aliphatic rings. The monoisotopic (exact) mass is 336 g/mol. The highest BCUT2D eigenvalue weighted by atomic mass is 35.5. The van der Waals surface area contributed by atoms with E-state index >= 15 is 0 Å². The van der Waals surface area contributed by atoms with Gasteiger partial charge in [-0.25, -0.2) is 0 Å². The maximum absolute atomic E-state index is 12.2. The second kappa shape index (κ2) is 8.32. The lowest BCUT2D eigenvalue weighted by Crippen LogP contribution is -2.43. The van der Waals surface area contributed by atoms with Crippen LogP contribution in [0.5, 0.6) is 0 Å². The largest absolute Gasteiger partial charge is 0.354 e. The van der Waals surface area contributed by atoms with Gasteiger partial charge in [0.05, 0.1) is 6.04 Å². The van der Waals surface area contributed by atoms with Crippen molar-refractivity contribution in [1.29, 1.82) is 0 Å². The molecule has 1 aromatic heterocycles. The van der Waals surface area contributed by atoms with Gasteiger partial charge >= 0.3 is 0 Å². The number of thiophene rings is 1. The molecular weight excluding hydrogens is 316 g/mol. The van der Waals surface area contributed by atoms with E-state index in [4.69, 9.17) is 11.6 Å². The van der Waals surface area contributed by atoms with Crippen molar-refractivity contribution in [3.05, 3.63) is 57.2 Å². The third-order valence-corrected chi connectivity index (χ3v) is 4.82. The van der Waals surface area contributed by atoms with Crippen LogP contribution in [0.15, 0.2) is 41.8 Å². The quantitative estimate of drug-likeness (QED) is 0.838. The third kappa shape index (κ3) is 5.13. The van der Waals surface area contributed by atoms with Crippen LogP contribution in [0, 0.1) is 0 Å². The summed E-state index contributed by atoms with van der Waals surface area (Å²) < 4.78 is 0. The number of likely N-dealkylation sites (N-methyl/N-ethyl adjacent to an activating group) is 1. The molecule has 3 nitrogen and oxygen atoms in total. The molecule has 1 amide bonds. The summed E-state index contributed by atoms with van der Waals surface area (Å²) in [6, 6.07) is 11.7. The van der Waals surface area contributed by atoms with Gasteiger partial charge in [0.1, 0.15) is 0 Å². The molecule has 2 rings (SSSR count). The van der Waals surface area contributed by atoms with Crippen LogP contribution >= 0.6 is 22.9 Å². The van der Waals surface area contributed by atoms with Gasteiger partial charge < -0.3 is 5.32 Å². The SMILES string of the molecule is CC(C(=O)NCCc1cccs1)N(C)Cc1ccc(Cl)cc1. The molecule has 22 heavy (non-hydrogen) atoms. The van der Waals surface area contributed by atoms with Crippen LogP contribution < -0.4 is 5.32 Å². The van der Waals surface area contributed by atoms with E-state index in [0.717, 1.165) is 23.6 Å². The Morgan fingerprint density at radius 2 is 2.05 bits per heavy atom. The van der Waals surface area contributed by atoms with Gasteiger partial charge in [-0.05, 0) is 49.5 Å². The van der Waals surface area contributed by atoms with Gasteiger partial charge in [0.15, 0.2) is 0 Å². The Bertz CT molecular complexity index is 583. The van der Waals surface area contributed by atoms with E-state index in [2.05, 4.69) is 16.8 Å². The predicted molar refractivity (Wildman–Crippen MR) is 93.4 cm³/mol. The highest BCUT2D eigenvalue weighted by Crippen LogP contribution is 2.12. The van der Waals surface area contributed by atoms with Crippen molar-refractivity contribution in [1.82, 2.24) is 10.2 Å². The number of rotatable bonds is 7. The molecule has 0 fully saturated rings. The maximum Gasteiger partial charge on any atom is 0.237 e. The van der Waals surface area contributed by atoms with Crippen molar-refractivity contribution < 1.29 is 4.79 Å². The Hall–Kier alpha value is -1.36. The lowest BCUT2D eigenvalue weighted by molar-refractivity contribution is -0.125. The molecule has 0 aliphatic heterocycles. The minimum atomic E-state index is -0.168. The molecule has 5 heteroatoms. The number of hydrogen-bond acceptors (Lipinski definition) is 3. The fraction of sp³-hybridized carbons (Fsp3) is 0.353. The Kier molecular flexibility index (Phi) is 6.43. The summed E-state index contributed by atoms with van der Waals surface area (Å²) in [5.74, 6) is 0.0630. The molecule has 0 aliphatic carbocycles. The first-order valence-corrected chi connectivity index (χ1v) is 8.57. The van der Waals surface area contributed by atoms with Gasteiger partial charge in [0, 0.05) is 23.0 Å². The van der Waals surface area contributed by atoms with Gasteiger partial charge in [-0.3, -0.25) is 9.69 Å². The summed E-state index contributed by atoms with van der Waals surface area (Å²) in [5, 5.41) is 5.78. The summed E-state index contributed by atoms with van der Waals surface area (Å²) >= 11 is 7.60. The highest BCUT2D eigenvalue weighted by Gasteiger charge is 2.17. The minimum Gasteiger partial charge on any atom is -0.354 e. The van der Waals surface area contributed by atoms with E-state index in [1.165, 1.54) is 4.88 Å². The number of benzene rings is 1. The zero-order valence-corrected chi connectivity index (χ0v) is 14.5. The van der Waals surface area contributed by atoms with Crippen molar-refractivity contribution in [2.75, 3.05) is 13.6 Å². The van der Waals surface area contributed by atoms with Crippen LogP contribution in [0.3, 0.4) is 0 Å². The van der Waals surface area contributed by atoms with Crippen molar-refractivity contribution in [3.63, 3.8) is 0 Å². The van der Waals surface area contributed by atoms with Crippen LogP contribution in [-0.4, -0.2) is 30.4 Å². The fourth-order valence-electron chi connectivity index (χ4n) is 2.13. The van der Waals surface area contributed by atoms with Crippen LogP contribution in [0.25, 0.3) is 0 Å². The van der Waals surface area contributed by atoms with Crippen LogP contribution in [0.1, 0.15) is 17.4 Å². The third-order valence-electron chi connectivity index (χ3n) is 3.64. The molecule has 1 unspecified atom stereocenters. The van der Waals surface area contributed by atoms with E-state index in [1.807, 2.05) is 49.2 Å². The molecule has 118 valence electrons. The fourth-order valence-corrected chi connectivity index (χ4v) is 2.96. The average molecular weight is 337 g/mol. The van der Waals surface area contributed by atoms with Gasteiger partial charge in [-0.15, -0.1) is 11.3 Å². The topological polar surface area (TPSA) is 32.3 Å². The molecule has 1 heterocycles. The zero-order chi connectivity index (χ0) is 15.9. The van der Waals surface area contributed by atoms with E-state index in [1.54, 1.807) is 11.3 Å². The van der Waals surface area contributed by atoms with Crippen molar-refractivity contribution >= 4 is 28.8 Å². The first-order valence-electron chi connectivity index (χ1n) is 7.31. The van der Waals surface area contributed by atoms with E-state index in [0.29, 0.717) is 6.54 Å². The number of nitrogens with one attached hydrogen (secondary N) is 1. The lowest BCUT2D eigenvalue weighted by Gasteiger charge is -2.24. The normalized spacial score (nSPS) is 12.4. The van der Waals surface area contributed by atoms with Gasteiger partial charge in [-0.2, -0.15) is 0 Å². The first kappa shape index (κ1) is 17.0. The van der Waals surface area contributed by atoms with Gasteiger partial charge in [0.2, 0.25) is 5.91 Å². The van der Waals surface area contributed by atoms with Crippen molar-refractivity contribution in [2.45, 2.75) is 25.9 Å². The number of nitrogens with zero attached hydrogens (tertiary/aromatic N) is 1. The molecule has 0 radical (unpaired) electrons. The number of carbonyl (C=O) groups excluding carboxylic acids is 1. The Balaban J connectivity index is 1.77. The molecule has 0 saturated heterocycles. The summed E-state index contributed by atoms with van der Waals surface area (Å²) in [4.78, 5) is 15.5. The first-order chi connectivity index (χ1) is 10.6. The Morgan fingerprint density at radius 3 is 2.68 bits per heavy atom. The number of hydrogen-bond donors (Lipinski definition) is 1. The molecule has 1 N–H and O–H groups in total. The molecule has 0 bridgehead atoms. The molecule has 0 saturated carbocycles. The molecule has 0 spiro atoms. The Morgan fingerprint density at radius 1 is 1.32 bits per heavy atom. The van der Waals surface area contributed by atoms with E-state index < -0.39 is 0 Å². The summed E-state index contributed by atoms with van der Waals surface area (Å²) in [5.41, 5.74) is 1.14. The molecule has 2 aromatic rings. The summed E-state index contributed by atoms with van der Waals surface area (Å²) in [6.45, 7) is 3.32. The van der Waals surface area contributed by atoms with Crippen molar-refractivity contribution in [3.8, 4) is 0 Å². The average Bonchev–Trinajstić information content (AvgIpc) is 3.02. The lowest BCUT2D eigenvalue weighted by atomic mass is 10.2. The molecule has 1 atom stereocenters. The number of amides is 1. The number of carbonyl (C=O) groups is 1. The second-order valence-corrected chi connectivity index (χ2v) is 6.81. The number of halogens is 1. The summed E-state index contributed by atoms with van der Waals surface area (Å²) in [6.07, 6.45) is 0.886. The maximum atomic E-state index is 12.2. The van der Waals surface area contributed by atoms with Crippen LogP contribution in [0.4, 0.5) is 0 Å². The molecule has 1 aromatic carbocycles. The molecular formula is C17H21ClN2OS. The van der Waals surface area contributed by atoms with Gasteiger partial charge in [-0.1, -0.05) is 29.8 Å². The zero-order valence-electron chi connectivity index (χ0n) is 12.9. The highest BCUT2D eigenvalue weighted by molar-refractivity contribution is 7.09. The smallest absolute Gasteiger partial charge is 0.237 e. The van der Waals surface area contributed by atoms with Crippen molar-refractivity contribution in [2.24, 2.45) is 0 Å².